The Morgan fingerprint density at radius 3 is 2.82 bits per heavy atom. The number of amides is 2. The summed E-state index contributed by atoms with van der Waals surface area (Å²) < 4.78 is 1.09. The minimum absolute atomic E-state index is 0.0972. The second-order valence-electron chi connectivity index (χ2n) is 7.26. The van der Waals surface area contributed by atoms with E-state index in [2.05, 4.69) is 20.8 Å². The van der Waals surface area contributed by atoms with E-state index in [4.69, 9.17) is 10.8 Å². The Morgan fingerprint density at radius 1 is 1.32 bits per heavy atom. The molecule has 0 aromatic carbocycles. The van der Waals surface area contributed by atoms with E-state index in [1.54, 1.807) is 0 Å². The maximum Gasteiger partial charge on any atom is 0.352 e. The number of aliphatic carboxylic acids is 2. The highest BCUT2D eigenvalue weighted by Crippen LogP contribution is 2.41. The Labute approximate surface area is 204 Å². The topological polar surface area (TPSA) is 194 Å². The van der Waals surface area contributed by atoms with Gasteiger partial charge in [-0.1, -0.05) is 11.8 Å². The van der Waals surface area contributed by atoms with Crippen molar-refractivity contribution < 1.29 is 29.4 Å². The fourth-order valence-corrected chi connectivity index (χ4v) is 6.82. The van der Waals surface area contributed by atoms with Crippen LogP contribution >= 0.6 is 34.9 Å². The Kier molecular flexibility index (Phi) is 7.20. The molecule has 1 unspecified atom stereocenters. The first-order valence-corrected chi connectivity index (χ1v) is 12.8. The van der Waals surface area contributed by atoms with Gasteiger partial charge in [-0.25, -0.2) is 9.48 Å². The molecule has 0 radical (unpaired) electrons. The molecule has 5 N–H and O–H groups in total. The SMILES string of the molecule is NCc1ccsc1CC(=O)NC1C(=O)N2C(C(=O)O)=C(CSc3nnnn3CC(=O)O)CS[C@H]12. The monoisotopic (exact) mass is 525 g/mol. The van der Waals surface area contributed by atoms with Gasteiger partial charge in [0.1, 0.15) is 23.7 Å². The second-order valence-corrected chi connectivity index (χ2v) is 10.3. The summed E-state index contributed by atoms with van der Waals surface area (Å²) in [5, 5.41) is 33.8. The molecule has 0 saturated carbocycles. The number of hydrogen-bond donors (Lipinski definition) is 4. The van der Waals surface area contributed by atoms with Gasteiger partial charge in [-0.3, -0.25) is 19.3 Å². The molecule has 4 rings (SSSR count). The van der Waals surface area contributed by atoms with Crippen molar-refractivity contribution in [2.45, 2.75) is 36.1 Å². The minimum atomic E-state index is -1.25. The first-order chi connectivity index (χ1) is 16.3. The third-order valence-electron chi connectivity index (χ3n) is 5.10. The van der Waals surface area contributed by atoms with E-state index in [0.717, 1.165) is 26.9 Å². The van der Waals surface area contributed by atoms with Crippen molar-refractivity contribution in [1.29, 1.82) is 0 Å². The van der Waals surface area contributed by atoms with E-state index in [9.17, 15) is 24.3 Å². The average Bonchev–Trinajstić information content (AvgIpc) is 3.43. The average molecular weight is 526 g/mol. The number of carbonyl (C=O) groups is 4. The van der Waals surface area contributed by atoms with E-state index in [1.807, 2.05) is 11.4 Å². The highest BCUT2D eigenvalue weighted by Gasteiger charge is 2.54. The van der Waals surface area contributed by atoms with Gasteiger partial charge in [0.2, 0.25) is 11.1 Å². The minimum Gasteiger partial charge on any atom is -0.480 e. The van der Waals surface area contributed by atoms with E-state index < -0.39 is 35.8 Å². The summed E-state index contributed by atoms with van der Waals surface area (Å²) in [5.74, 6) is -2.72. The molecule has 2 aliphatic heterocycles. The van der Waals surface area contributed by atoms with Gasteiger partial charge in [0.25, 0.3) is 5.91 Å². The van der Waals surface area contributed by atoms with Gasteiger partial charge in [-0.05, 0) is 33.0 Å². The third kappa shape index (κ3) is 4.79. The number of fused-ring (bicyclic) bond motifs is 1. The molecule has 1 fully saturated rings. The standard InChI is InChI=1S/C18H19N7O6S3/c19-4-8-1-2-32-10(8)3-11(26)20-13-15(29)25-14(17(30)31)9(6-33-16(13)25)7-34-18-21-22-23-24(18)5-12(27)28/h1-2,13,16H,3-7,19H2,(H,20,26)(H,27,28)(H,30,31)/t13?,16-/m1/s1. The number of nitrogens with one attached hydrogen (secondary N) is 1. The molecule has 2 amide bonds. The quantitative estimate of drug-likeness (QED) is 0.226. The summed E-state index contributed by atoms with van der Waals surface area (Å²) in [5.41, 5.74) is 6.89. The molecule has 2 atom stereocenters. The van der Waals surface area contributed by atoms with Crippen LogP contribution in [0.1, 0.15) is 10.4 Å². The van der Waals surface area contributed by atoms with Crippen molar-refractivity contribution in [3.05, 3.63) is 33.2 Å². The van der Waals surface area contributed by atoms with Gasteiger partial charge in [0.15, 0.2) is 0 Å². The summed E-state index contributed by atoms with van der Waals surface area (Å²) in [4.78, 5) is 50.2. The van der Waals surface area contributed by atoms with Crippen LogP contribution in [0.4, 0.5) is 0 Å². The number of thiophene rings is 1. The zero-order valence-corrected chi connectivity index (χ0v) is 19.9. The van der Waals surface area contributed by atoms with Gasteiger partial charge in [-0.2, -0.15) is 0 Å². The normalized spacial score (nSPS) is 19.6. The Hall–Kier alpha value is -2.95. The number of carboxylic acid groups (broad SMARTS) is 2. The van der Waals surface area contributed by atoms with Crippen LogP contribution < -0.4 is 11.1 Å². The number of nitrogens with two attached hydrogens (primary N) is 1. The van der Waals surface area contributed by atoms with Crippen molar-refractivity contribution in [2.75, 3.05) is 11.5 Å². The predicted molar refractivity (Wildman–Crippen MR) is 122 cm³/mol. The highest BCUT2D eigenvalue weighted by molar-refractivity contribution is 8.01. The molecule has 0 bridgehead atoms. The van der Waals surface area contributed by atoms with Crippen molar-refractivity contribution in [2.24, 2.45) is 5.73 Å². The van der Waals surface area contributed by atoms with Crippen LogP contribution in [-0.2, 0) is 38.7 Å². The molecule has 2 aromatic rings. The Morgan fingerprint density at radius 2 is 2.12 bits per heavy atom. The number of hydrogen-bond acceptors (Lipinski definition) is 11. The first-order valence-electron chi connectivity index (χ1n) is 9.85. The lowest BCUT2D eigenvalue weighted by Gasteiger charge is -2.49. The zero-order valence-electron chi connectivity index (χ0n) is 17.4. The summed E-state index contributed by atoms with van der Waals surface area (Å²) in [6.07, 6.45) is 0.0972. The fraction of sp³-hybridized carbons (Fsp3) is 0.389. The number of aromatic nitrogens is 4. The number of β-lactam (4-membered cyclic amide) rings is 1. The zero-order chi connectivity index (χ0) is 24.4. The lowest BCUT2D eigenvalue weighted by atomic mass is 10.0. The van der Waals surface area contributed by atoms with Gasteiger partial charge >= 0.3 is 11.9 Å². The first kappa shape index (κ1) is 24.2. The summed E-state index contributed by atoms with van der Waals surface area (Å²) in [7, 11) is 0. The van der Waals surface area contributed by atoms with Crippen LogP contribution in [0.25, 0.3) is 0 Å². The maximum absolute atomic E-state index is 12.8. The van der Waals surface area contributed by atoms with Gasteiger partial charge < -0.3 is 21.3 Å². The molecule has 0 aliphatic carbocycles. The predicted octanol–water partition coefficient (Wildman–Crippen LogP) is -0.649. The van der Waals surface area contributed by atoms with E-state index in [0.29, 0.717) is 17.9 Å². The molecular formula is C18H19N7O6S3. The number of nitrogens with zero attached hydrogens (tertiary/aromatic N) is 5. The third-order valence-corrected chi connectivity index (χ3v) is 8.45. The summed E-state index contributed by atoms with van der Waals surface area (Å²) in [6, 6.07) is 1.04. The molecule has 1 saturated heterocycles. The van der Waals surface area contributed by atoms with Crippen molar-refractivity contribution >= 4 is 58.6 Å². The summed E-state index contributed by atoms with van der Waals surface area (Å²) in [6.45, 7) is -0.113. The largest absolute Gasteiger partial charge is 0.480 e. The van der Waals surface area contributed by atoms with E-state index >= 15 is 0 Å². The smallest absolute Gasteiger partial charge is 0.352 e. The number of carboxylic acids is 2. The molecular weight excluding hydrogens is 506 g/mol. The summed E-state index contributed by atoms with van der Waals surface area (Å²) >= 11 is 3.85. The van der Waals surface area contributed by atoms with Gasteiger partial charge in [0.05, 0.1) is 6.42 Å². The number of thioether (sulfide) groups is 2. The number of tetrazole rings is 1. The van der Waals surface area contributed by atoms with Crippen LogP contribution in [0.2, 0.25) is 0 Å². The van der Waals surface area contributed by atoms with Crippen molar-refractivity contribution in [1.82, 2.24) is 30.4 Å². The van der Waals surface area contributed by atoms with E-state index in [-0.39, 0.29) is 28.9 Å². The van der Waals surface area contributed by atoms with Gasteiger partial charge in [0, 0.05) is 22.9 Å². The fourth-order valence-electron chi connectivity index (χ4n) is 3.55. The Bertz CT molecular complexity index is 1180. The molecule has 13 nitrogen and oxygen atoms in total. The maximum atomic E-state index is 12.8. The molecule has 2 aromatic heterocycles. The van der Waals surface area contributed by atoms with E-state index in [1.165, 1.54) is 28.0 Å². The van der Waals surface area contributed by atoms with Gasteiger partial charge in [-0.15, -0.1) is 28.2 Å². The van der Waals surface area contributed by atoms with Crippen LogP contribution in [-0.4, -0.2) is 82.0 Å². The molecule has 4 heterocycles. The molecule has 180 valence electrons. The molecule has 34 heavy (non-hydrogen) atoms. The van der Waals surface area contributed by atoms with Crippen LogP contribution in [0.15, 0.2) is 27.9 Å². The van der Waals surface area contributed by atoms with Crippen molar-refractivity contribution in [3.63, 3.8) is 0 Å². The lowest BCUT2D eigenvalue weighted by Crippen LogP contribution is -2.70. The molecule has 0 spiro atoms. The number of carbonyl (C=O) groups excluding carboxylic acids is 2. The molecule has 16 heteroatoms. The number of rotatable bonds is 10. The van der Waals surface area contributed by atoms with Crippen molar-refractivity contribution in [3.8, 4) is 0 Å². The highest BCUT2D eigenvalue weighted by atomic mass is 32.2. The van der Waals surface area contributed by atoms with Crippen LogP contribution in [0, 0.1) is 0 Å². The second kappa shape index (κ2) is 10.1. The van der Waals surface area contributed by atoms with Crippen LogP contribution in [0.5, 0.6) is 0 Å². The molecule has 2 aliphatic rings. The Balaban J connectivity index is 1.43. The van der Waals surface area contributed by atoms with Crippen LogP contribution in [0.3, 0.4) is 0 Å². The lowest BCUT2D eigenvalue weighted by molar-refractivity contribution is -0.150.